The van der Waals surface area contributed by atoms with Crippen molar-refractivity contribution in [3.63, 3.8) is 0 Å². The van der Waals surface area contributed by atoms with Gasteiger partial charge in [-0.1, -0.05) is 6.92 Å². The zero-order chi connectivity index (χ0) is 11.8. The molecule has 1 aliphatic heterocycles. The van der Waals surface area contributed by atoms with Gasteiger partial charge in [-0.15, -0.1) is 0 Å². The lowest BCUT2D eigenvalue weighted by Crippen LogP contribution is -2.36. The molecule has 0 spiro atoms. The minimum atomic E-state index is -0.00174. The van der Waals surface area contributed by atoms with Gasteiger partial charge in [0, 0.05) is 12.6 Å². The molecule has 1 rings (SSSR count). The average molecular weight is 228 g/mol. The highest BCUT2D eigenvalue weighted by molar-refractivity contribution is 5.77. The van der Waals surface area contributed by atoms with Gasteiger partial charge in [-0.2, -0.15) is 0 Å². The van der Waals surface area contributed by atoms with E-state index in [0.717, 1.165) is 19.5 Å². The summed E-state index contributed by atoms with van der Waals surface area (Å²) in [4.78, 5) is 11.4. The summed E-state index contributed by atoms with van der Waals surface area (Å²) in [6.07, 6.45) is 3.38. The number of hydrogen-bond donors (Lipinski definition) is 2. The van der Waals surface area contributed by atoms with Gasteiger partial charge >= 0.3 is 0 Å². The molecule has 2 atom stereocenters. The fourth-order valence-corrected chi connectivity index (χ4v) is 1.80. The SMILES string of the molecule is CCC(C)NC(=O)COCC1CCCNC1. The molecule has 0 bridgehead atoms. The fraction of sp³-hybridized carbons (Fsp3) is 0.917. The maximum Gasteiger partial charge on any atom is 0.246 e. The van der Waals surface area contributed by atoms with Crippen LogP contribution in [0, 0.1) is 5.92 Å². The minimum Gasteiger partial charge on any atom is -0.371 e. The molecule has 0 aliphatic carbocycles. The molecule has 0 radical (unpaired) electrons. The Bertz CT molecular complexity index is 203. The van der Waals surface area contributed by atoms with Crippen molar-refractivity contribution in [2.45, 2.75) is 39.2 Å². The van der Waals surface area contributed by atoms with E-state index in [1.165, 1.54) is 12.8 Å². The molecule has 0 aromatic rings. The van der Waals surface area contributed by atoms with E-state index in [-0.39, 0.29) is 18.6 Å². The quantitative estimate of drug-likeness (QED) is 0.710. The van der Waals surface area contributed by atoms with Crippen molar-refractivity contribution in [3.05, 3.63) is 0 Å². The first-order valence-electron chi connectivity index (χ1n) is 6.30. The number of carbonyl (C=O) groups is 1. The van der Waals surface area contributed by atoms with Crippen LogP contribution in [0.5, 0.6) is 0 Å². The van der Waals surface area contributed by atoms with Crippen molar-refractivity contribution in [1.29, 1.82) is 0 Å². The Hall–Kier alpha value is -0.610. The Morgan fingerprint density at radius 1 is 1.62 bits per heavy atom. The van der Waals surface area contributed by atoms with Crippen LogP contribution in [0.2, 0.25) is 0 Å². The Morgan fingerprint density at radius 2 is 2.44 bits per heavy atom. The summed E-state index contributed by atoms with van der Waals surface area (Å²) >= 11 is 0. The van der Waals surface area contributed by atoms with E-state index < -0.39 is 0 Å². The van der Waals surface area contributed by atoms with Gasteiger partial charge in [0.25, 0.3) is 0 Å². The van der Waals surface area contributed by atoms with Crippen LogP contribution in [-0.4, -0.2) is 38.3 Å². The molecule has 1 saturated heterocycles. The minimum absolute atomic E-state index is 0.00174. The van der Waals surface area contributed by atoms with Crippen LogP contribution in [0.3, 0.4) is 0 Å². The number of nitrogens with one attached hydrogen (secondary N) is 2. The van der Waals surface area contributed by atoms with E-state index in [0.29, 0.717) is 12.5 Å². The van der Waals surface area contributed by atoms with Crippen molar-refractivity contribution in [2.24, 2.45) is 5.92 Å². The summed E-state index contributed by atoms with van der Waals surface area (Å²) in [5, 5.41) is 6.22. The molecule has 16 heavy (non-hydrogen) atoms. The number of hydrogen-bond acceptors (Lipinski definition) is 3. The number of rotatable bonds is 6. The molecular formula is C12H24N2O2. The topological polar surface area (TPSA) is 50.4 Å². The van der Waals surface area contributed by atoms with Crippen LogP contribution in [0.25, 0.3) is 0 Å². The maximum absolute atomic E-state index is 11.4. The van der Waals surface area contributed by atoms with E-state index in [1.807, 2.05) is 6.92 Å². The third-order valence-electron chi connectivity index (χ3n) is 3.01. The Labute approximate surface area is 98.1 Å². The molecule has 4 heteroatoms. The molecule has 1 heterocycles. The predicted molar refractivity (Wildman–Crippen MR) is 64.3 cm³/mol. The van der Waals surface area contributed by atoms with Crippen LogP contribution in [0.15, 0.2) is 0 Å². The fourth-order valence-electron chi connectivity index (χ4n) is 1.80. The second kappa shape index (κ2) is 7.63. The molecule has 2 N–H and O–H groups in total. The van der Waals surface area contributed by atoms with Crippen molar-refractivity contribution in [1.82, 2.24) is 10.6 Å². The summed E-state index contributed by atoms with van der Waals surface area (Å²) in [6, 6.07) is 0.243. The molecular weight excluding hydrogens is 204 g/mol. The summed E-state index contributed by atoms with van der Waals surface area (Å²) in [5.74, 6) is 0.572. The molecule has 0 saturated carbocycles. The zero-order valence-electron chi connectivity index (χ0n) is 10.4. The Balaban J connectivity index is 2.03. The number of piperidine rings is 1. The largest absolute Gasteiger partial charge is 0.371 e. The van der Waals surface area contributed by atoms with Gasteiger partial charge in [0.05, 0.1) is 6.61 Å². The lowest BCUT2D eigenvalue weighted by atomic mass is 10.0. The lowest BCUT2D eigenvalue weighted by molar-refractivity contribution is -0.126. The molecule has 0 aromatic heterocycles. The molecule has 0 aromatic carbocycles. The van der Waals surface area contributed by atoms with Crippen molar-refractivity contribution in [2.75, 3.05) is 26.3 Å². The Kier molecular flexibility index (Phi) is 6.42. The van der Waals surface area contributed by atoms with Gasteiger partial charge in [-0.25, -0.2) is 0 Å². The summed E-state index contributed by atoms with van der Waals surface area (Å²) in [5.41, 5.74) is 0. The van der Waals surface area contributed by atoms with Crippen molar-refractivity contribution >= 4 is 5.91 Å². The number of ether oxygens (including phenoxy) is 1. The van der Waals surface area contributed by atoms with Gasteiger partial charge in [0.15, 0.2) is 0 Å². The van der Waals surface area contributed by atoms with E-state index in [4.69, 9.17) is 4.74 Å². The van der Waals surface area contributed by atoms with Gasteiger partial charge < -0.3 is 15.4 Å². The second-order valence-electron chi connectivity index (χ2n) is 4.60. The second-order valence-corrected chi connectivity index (χ2v) is 4.60. The third-order valence-corrected chi connectivity index (χ3v) is 3.01. The molecule has 1 fully saturated rings. The highest BCUT2D eigenvalue weighted by Gasteiger charge is 2.13. The van der Waals surface area contributed by atoms with E-state index in [9.17, 15) is 4.79 Å². The first-order chi connectivity index (χ1) is 7.72. The third kappa shape index (κ3) is 5.47. The van der Waals surface area contributed by atoms with Gasteiger partial charge in [0.2, 0.25) is 5.91 Å². The van der Waals surface area contributed by atoms with Crippen LogP contribution < -0.4 is 10.6 Å². The van der Waals surface area contributed by atoms with Crippen LogP contribution in [-0.2, 0) is 9.53 Å². The highest BCUT2D eigenvalue weighted by Crippen LogP contribution is 2.09. The smallest absolute Gasteiger partial charge is 0.246 e. The van der Waals surface area contributed by atoms with E-state index >= 15 is 0 Å². The predicted octanol–water partition coefficient (Wildman–Crippen LogP) is 0.917. The number of carbonyl (C=O) groups excluding carboxylic acids is 1. The highest BCUT2D eigenvalue weighted by atomic mass is 16.5. The maximum atomic E-state index is 11.4. The van der Waals surface area contributed by atoms with E-state index in [1.54, 1.807) is 0 Å². The van der Waals surface area contributed by atoms with Gasteiger partial charge in [-0.3, -0.25) is 4.79 Å². The molecule has 94 valence electrons. The average Bonchev–Trinajstić information content (AvgIpc) is 2.30. The van der Waals surface area contributed by atoms with Crippen LogP contribution in [0.1, 0.15) is 33.1 Å². The standard InChI is InChI=1S/C12H24N2O2/c1-3-10(2)14-12(15)9-16-8-11-5-4-6-13-7-11/h10-11,13H,3-9H2,1-2H3,(H,14,15). The molecule has 4 nitrogen and oxygen atoms in total. The van der Waals surface area contributed by atoms with Crippen molar-refractivity contribution in [3.8, 4) is 0 Å². The lowest BCUT2D eigenvalue weighted by Gasteiger charge is -2.22. The first-order valence-corrected chi connectivity index (χ1v) is 6.30. The summed E-state index contributed by atoms with van der Waals surface area (Å²) in [7, 11) is 0. The van der Waals surface area contributed by atoms with Gasteiger partial charge in [-0.05, 0) is 38.6 Å². The Morgan fingerprint density at radius 3 is 3.06 bits per heavy atom. The number of amides is 1. The normalized spacial score (nSPS) is 22.8. The summed E-state index contributed by atoms with van der Waals surface area (Å²) in [6.45, 7) is 7.09. The van der Waals surface area contributed by atoms with Gasteiger partial charge in [0.1, 0.15) is 6.61 Å². The molecule has 1 amide bonds. The monoisotopic (exact) mass is 228 g/mol. The van der Waals surface area contributed by atoms with Crippen LogP contribution >= 0.6 is 0 Å². The molecule has 2 unspecified atom stereocenters. The molecule has 1 aliphatic rings. The van der Waals surface area contributed by atoms with Crippen molar-refractivity contribution < 1.29 is 9.53 Å². The summed E-state index contributed by atoms with van der Waals surface area (Å²) < 4.78 is 5.43. The van der Waals surface area contributed by atoms with Crippen LogP contribution in [0.4, 0.5) is 0 Å². The first kappa shape index (κ1) is 13.5. The van der Waals surface area contributed by atoms with E-state index in [2.05, 4.69) is 17.6 Å². The zero-order valence-corrected chi connectivity index (χ0v) is 10.4.